The van der Waals surface area contributed by atoms with Crippen molar-refractivity contribution >= 4 is 100 Å². The fourth-order valence-corrected chi connectivity index (χ4v) is 8.78. The number of nitrogens with zero attached hydrogens (tertiary/aromatic N) is 3. The second-order valence-corrected chi connectivity index (χ2v) is 25.1. The average molecular weight is 1070 g/mol. The Labute approximate surface area is 464 Å². The minimum atomic E-state index is -1.18. The van der Waals surface area contributed by atoms with Gasteiger partial charge in [0.25, 0.3) is 11.8 Å². The normalized spacial score (nSPS) is 11.1. The van der Waals surface area contributed by atoms with E-state index in [1.807, 2.05) is 150 Å². The van der Waals surface area contributed by atoms with Crippen LogP contribution in [0, 0.1) is 0 Å². The summed E-state index contributed by atoms with van der Waals surface area (Å²) < 4.78 is 8.01. The van der Waals surface area contributed by atoms with Crippen LogP contribution in [0.2, 0.25) is 25.7 Å². The minimum Gasteiger partial charge on any atom is -0.360 e. The molecule has 0 aliphatic rings. The SMILES string of the molecule is C.C[Si](C)(C)CCOCn1nc(/C=C/c2ccccc2)c2ccc(Nc3cccc(NC(=O)c4ccccc4)c3)cc21.NCCN.O=C(Nc1cccc(Nc2ccc3c(/C=C/c4ccccc4)n[nH]c3c2)c1)c1ccccc1. The predicted octanol–water partition coefficient (Wildman–Crippen LogP) is 14.8. The van der Waals surface area contributed by atoms with Gasteiger partial charge in [0.2, 0.25) is 0 Å². The third-order valence-electron chi connectivity index (χ3n) is 12.1. The summed E-state index contributed by atoms with van der Waals surface area (Å²) in [5.74, 6) is -0.277. The lowest BCUT2D eigenvalue weighted by Crippen LogP contribution is -2.22. The molecule has 0 fully saturated rings. The molecule has 0 atom stereocenters. The van der Waals surface area contributed by atoms with E-state index in [1.165, 1.54) is 0 Å². The number of carbonyl (C=O) groups excluding carboxylic acids is 2. The first-order valence-electron chi connectivity index (χ1n) is 25.9. The Morgan fingerprint density at radius 3 is 1.49 bits per heavy atom. The van der Waals surface area contributed by atoms with E-state index < -0.39 is 8.07 Å². The predicted molar refractivity (Wildman–Crippen MR) is 334 cm³/mol. The van der Waals surface area contributed by atoms with Gasteiger partial charge in [-0.25, -0.2) is 4.68 Å². The minimum absolute atomic E-state index is 0. The number of nitrogens with one attached hydrogen (secondary N) is 5. The Morgan fingerprint density at radius 1 is 0.532 bits per heavy atom. The summed E-state index contributed by atoms with van der Waals surface area (Å²) in [4.78, 5) is 25.0. The van der Waals surface area contributed by atoms with Crippen molar-refractivity contribution < 1.29 is 14.3 Å². The van der Waals surface area contributed by atoms with Gasteiger partial charge < -0.3 is 37.5 Å². The number of rotatable bonds is 18. The van der Waals surface area contributed by atoms with Gasteiger partial charge in [-0.2, -0.15) is 10.2 Å². The summed E-state index contributed by atoms with van der Waals surface area (Å²) >= 11 is 0. The molecule has 79 heavy (non-hydrogen) atoms. The van der Waals surface area contributed by atoms with E-state index in [0.29, 0.717) is 30.9 Å². The zero-order chi connectivity index (χ0) is 54.5. The van der Waals surface area contributed by atoms with E-state index in [0.717, 1.165) is 91.1 Å². The average Bonchev–Trinajstić information content (AvgIpc) is 4.22. The van der Waals surface area contributed by atoms with Crippen molar-refractivity contribution in [1.82, 2.24) is 20.0 Å². The number of amides is 2. The molecule has 2 heterocycles. The van der Waals surface area contributed by atoms with Crippen molar-refractivity contribution in [3.8, 4) is 0 Å². The van der Waals surface area contributed by atoms with Gasteiger partial charge >= 0.3 is 0 Å². The molecule has 2 amide bonds. The number of nitrogens with two attached hydrogens (primary N) is 2. The second-order valence-electron chi connectivity index (χ2n) is 19.5. The van der Waals surface area contributed by atoms with Crippen molar-refractivity contribution in [2.75, 3.05) is 41.0 Å². The van der Waals surface area contributed by atoms with E-state index >= 15 is 0 Å². The number of carbonyl (C=O) groups is 2. The number of ether oxygens (including phenoxy) is 1. The molecular weight excluding hydrogens is 997 g/mol. The van der Waals surface area contributed by atoms with E-state index in [9.17, 15) is 9.59 Å². The van der Waals surface area contributed by atoms with Crippen LogP contribution < -0.4 is 32.7 Å². The fourth-order valence-electron chi connectivity index (χ4n) is 8.02. The monoisotopic (exact) mass is 1070 g/mol. The largest absolute Gasteiger partial charge is 0.360 e. The molecule has 14 heteroatoms. The first-order valence-corrected chi connectivity index (χ1v) is 29.6. The van der Waals surface area contributed by atoms with E-state index in [1.54, 1.807) is 24.3 Å². The number of anilines is 6. The molecule has 0 spiro atoms. The first-order chi connectivity index (χ1) is 38.0. The molecule has 13 nitrogen and oxygen atoms in total. The molecular formula is C65H70N10O3Si. The Balaban J connectivity index is 0.000000216. The van der Waals surface area contributed by atoms with Crippen molar-refractivity contribution in [3.05, 3.63) is 240 Å². The topological polar surface area (TPSA) is 190 Å². The van der Waals surface area contributed by atoms with Crippen LogP contribution in [-0.4, -0.2) is 59.6 Å². The Kier molecular flexibility index (Phi) is 21.0. The molecule has 0 bridgehead atoms. The van der Waals surface area contributed by atoms with Gasteiger partial charge in [0.15, 0.2) is 0 Å². The second kappa shape index (κ2) is 28.8. The molecule has 10 rings (SSSR count). The van der Waals surface area contributed by atoms with Crippen LogP contribution in [0.1, 0.15) is 50.7 Å². The first kappa shape index (κ1) is 57.5. The van der Waals surface area contributed by atoms with Crippen molar-refractivity contribution in [2.45, 2.75) is 39.8 Å². The smallest absolute Gasteiger partial charge is 0.255 e. The van der Waals surface area contributed by atoms with Gasteiger partial charge in [-0.3, -0.25) is 14.7 Å². The summed E-state index contributed by atoms with van der Waals surface area (Å²) in [5, 5.41) is 27.4. The lowest BCUT2D eigenvalue weighted by atomic mass is 10.1. The molecule has 0 aliphatic heterocycles. The van der Waals surface area contributed by atoms with Crippen LogP contribution in [-0.2, 0) is 11.5 Å². The highest BCUT2D eigenvalue weighted by Crippen LogP contribution is 2.29. The van der Waals surface area contributed by atoms with Gasteiger partial charge in [0, 0.05) is 83.8 Å². The maximum atomic E-state index is 12.6. The van der Waals surface area contributed by atoms with E-state index in [-0.39, 0.29) is 19.2 Å². The quantitative estimate of drug-likeness (QED) is 0.0324. The Bertz CT molecular complexity index is 3580. The lowest BCUT2D eigenvalue weighted by molar-refractivity contribution is 0.0816. The molecule has 10 aromatic rings. The van der Waals surface area contributed by atoms with Gasteiger partial charge in [0.1, 0.15) is 6.73 Å². The summed E-state index contributed by atoms with van der Waals surface area (Å²) in [6.45, 7) is 9.38. The molecule has 9 N–H and O–H groups in total. The highest BCUT2D eigenvalue weighted by atomic mass is 28.3. The highest BCUT2D eigenvalue weighted by Gasteiger charge is 2.15. The van der Waals surface area contributed by atoms with Gasteiger partial charge in [0.05, 0.1) is 22.4 Å². The van der Waals surface area contributed by atoms with Crippen molar-refractivity contribution in [2.24, 2.45) is 11.5 Å². The molecule has 2 aromatic heterocycles. The lowest BCUT2D eigenvalue weighted by Gasteiger charge is -2.15. The van der Waals surface area contributed by atoms with Crippen molar-refractivity contribution in [1.29, 1.82) is 0 Å². The summed E-state index contributed by atoms with van der Waals surface area (Å²) in [6.07, 6.45) is 8.21. The van der Waals surface area contributed by atoms with E-state index in [2.05, 4.69) is 112 Å². The van der Waals surface area contributed by atoms with Gasteiger partial charge in [-0.05, 0) is 126 Å². The molecule has 0 radical (unpaired) electrons. The van der Waals surface area contributed by atoms with Crippen LogP contribution in [0.25, 0.3) is 46.1 Å². The van der Waals surface area contributed by atoms with Crippen molar-refractivity contribution in [3.63, 3.8) is 0 Å². The number of aromatic nitrogens is 4. The van der Waals surface area contributed by atoms with Crippen LogP contribution >= 0.6 is 0 Å². The molecule has 0 saturated heterocycles. The number of benzene rings is 8. The van der Waals surface area contributed by atoms with Crippen LogP contribution in [0.15, 0.2) is 206 Å². The third kappa shape index (κ3) is 17.4. The highest BCUT2D eigenvalue weighted by molar-refractivity contribution is 6.76. The van der Waals surface area contributed by atoms with Gasteiger partial charge in [-0.15, -0.1) is 0 Å². The Morgan fingerprint density at radius 2 is 0.987 bits per heavy atom. The van der Waals surface area contributed by atoms with Crippen LogP contribution in [0.3, 0.4) is 0 Å². The third-order valence-corrected chi connectivity index (χ3v) is 13.8. The van der Waals surface area contributed by atoms with Crippen LogP contribution in [0.4, 0.5) is 34.1 Å². The summed E-state index contributed by atoms with van der Waals surface area (Å²) in [5.41, 5.74) is 22.1. The molecule has 0 saturated carbocycles. The summed E-state index contributed by atoms with van der Waals surface area (Å²) in [6, 6.07) is 67.6. The van der Waals surface area contributed by atoms with Gasteiger partial charge in [-0.1, -0.05) is 148 Å². The standard InChI is InChI=1S/C34H36N4O2Si.C28H22N4O.C2H8N2.CH4/c1-41(2,3)22-21-40-25-38-33-24-30(18-19-31(33)32(37-38)20-17-26-11-6-4-7-12-26)35-28-15-10-16-29(23-28)36-34(39)27-13-8-5-9-14-27;33-28(21-10-5-2-6-11-21)30-23-13-7-12-22(18-23)29-24-15-16-25-26(31-32-27(25)19-24)17-14-20-8-3-1-4-9-20;3-1-2-4;/h4-20,23-24,35H,21-22,25H2,1-3H3,(H,36,39);1-19,29H,(H,30,33)(H,31,32);1-4H2;1H4/b20-17+;17-14+;;. The van der Waals surface area contributed by atoms with Crippen LogP contribution in [0.5, 0.6) is 0 Å². The van der Waals surface area contributed by atoms with E-state index in [4.69, 9.17) is 21.3 Å². The molecule has 0 aliphatic carbocycles. The molecule has 402 valence electrons. The number of hydrogen-bond acceptors (Lipinski definition) is 9. The molecule has 8 aromatic carbocycles. The number of H-pyrrole nitrogens is 1. The zero-order valence-electron chi connectivity index (χ0n) is 44.2. The fraction of sp³-hybridized carbons (Fsp3) is 0.138. The summed E-state index contributed by atoms with van der Waals surface area (Å²) in [7, 11) is -1.18. The number of hydrogen-bond donors (Lipinski definition) is 7. The molecule has 0 unspecified atom stereocenters. The number of aromatic amines is 1. The Hall–Kier alpha value is -9.18. The maximum absolute atomic E-state index is 12.6. The number of fused-ring (bicyclic) bond motifs is 2. The zero-order valence-corrected chi connectivity index (χ0v) is 45.2. The maximum Gasteiger partial charge on any atom is 0.255 e.